The SMILES string of the molecule is NC(c1cccnc1)c1cnccc1C(F)(F)F. The fraction of sp³-hybridized carbons (Fsp3) is 0.167. The largest absolute Gasteiger partial charge is 0.416 e. The average Bonchev–Trinajstić information content (AvgIpc) is 2.38. The molecule has 0 amide bonds. The highest BCUT2D eigenvalue weighted by atomic mass is 19.4. The second kappa shape index (κ2) is 4.73. The van der Waals surface area contributed by atoms with Crippen molar-refractivity contribution in [2.75, 3.05) is 0 Å². The molecule has 0 saturated heterocycles. The lowest BCUT2D eigenvalue weighted by atomic mass is 9.98. The van der Waals surface area contributed by atoms with Gasteiger partial charge in [0.1, 0.15) is 0 Å². The molecule has 2 heterocycles. The molecule has 94 valence electrons. The molecule has 0 aliphatic carbocycles. The van der Waals surface area contributed by atoms with E-state index < -0.39 is 17.8 Å². The van der Waals surface area contributed by atoms with Crippen molar-refractivity contribution in [2.45, 2.75) is 12.2 Å². The Kier molecular flexibility index (Phi) is 3.29. The van der Waals surface area contributed by atoms with E-state index in [2.05, 4.69) is 9.97 Å². The molecule has 2 N–H and O–H groups in total. The molecule has 6 heteroatoms. The van der Waals surface area contributed by atoms with E-state index in [1.807, 2.05) is 0 Å². The van der Waals surface area contributed by atoms with Gasteiger partial charge in [0.25, 0.3) is 0 Å². The van der Waals surface area contributed by atoms with Crippen molar-refractivity contribution in [2.24, 2.45) is 5.73 Å². The second-order valence-electron chi connectivity index (χ2n) is 3.72. The van der Waals surface area contributed by atoms with Gasteiger partial charge >= 0.3 is 6.18 Å². The number of aromatic nitrogens is 2. The summed E-state index contributed by atoms with van der Waals surface area (Å²) in [5.41, 5.74) is 5.52. The first-order valence-electron chi connectivity index (χ1n) is 5.17. The van der Waals surface area contributed by atoms with Gasteiger partial charge in [-0.3, -0.25) is 9.97 Å². The van der Waals surface area contributed by atoms with Gasteiger partial charge in [0.15, 0.2) is 0 Å². The number of hydrogen-bond acceptors (Lipinski definition) is 3. The van der Waals surface area contributed by atoms with Crippen LogP contribution in [0.1, 0.15) is 22.7 Å². The Morgan fingerprint density at radius 3 is 2.39 bits per heavy atom. The Morgan fingerprint density at radius 2 is 1.78 bits per heavy atom. The summed E-state index contributed by atoms with van der Waals surface area (Å²) in [6, 6.07) is 3.28. The molecule has 0 aromatic carbocycles. The van der Waals surface area contributed by atoms with Crippen LogP contribution in [0.15, 0.2) is 43.0 Å². The number of pyridine rings is 2. The quantitative estimate of drug-likeness (QED) is 0.894. The van der Waals surface area contributed by atoms with Gasteiger partial charge < -0.3 is 5.73 Å². The van der Waals surface area contributed by atoms with Gasteiger partial charge in [0, 0.05) is 30.4 Å². The minimum atomic E-state index is -4.45. The van der Waals surface area contributed by atoms with Crippen LogP contribution in [-0.2, 0) is 6.18 Å². The van der Waals surface area contributed by atoms with Gasteiger partial charge in [-0.2, -0.15) is 13.2 Å². The Hall–Kier alpha value is -1.95. The normalized spacial score (nSPS) is 13.3. The van der Waals surface area contributed by atoms with Crippen molar-refractivity contribution in [1.82, 2.24) is 9.97 Å². The standard InChI is InChI=1S/C12H10F3N3/c13-12(14,15)10-3-5-18-7-9(10)11(16)8-2-1-4-17-6-8/h1-7,11H,16H2. The molecule has 0 aliphatic heterocycles. The third-order valence-electron chi connectivity index (χ3n) is 2.54. The molecule has 2 aromatic heterocycles. The van der Waals surface area contributed by atoms with Crippen LogP contribution in [0.2, 0.25) is 0 Å². The van der Waals surface area contributed by atoms with Crippen LogP contribution in [0.25, 0.3) is 0 Å². The highest BCUT2D eigenvalue weighted by molar-refractivity contribution is 5.35. The fourth-order valence-corrected chi connectivity index (χ4v) is 1.65. The molecule has 1 atom stereocenters. The van der Waals surface area contributed by atoms with Gasteiger partial charge in [0.2, 0.25) is 0 Å². The zero-order valence-electron chi connectivity index (χ0n) is 9.22. The third kappa shape index (κ3) is 2.48. The minimum Gasteiger partial charge on any atom is -0.320 e. The molecule has 0 radical (unpaired) electrons. The van der Waals surface area contributed by atoms with Crippen LogP contribution in [0.5, 0.6) is 0 Å². The van der Waals surface area contributed by atoms with Gasteiger partial charge in [-0.25, -0.2) is 0 Å². The summed E-state index contributed by atoms with van der Waals surface area (Å²) < 4.78 is 38.5. The first-order valence-corrected chi connectivity index (χ1v) is 5.17. The molecule has 2 rings (SSSR count). The van der Waals surface area contributed by atoms with Crippen molar-refractivity contribution < 1.29 is 13.2 Å². The summed E-state index contributed by atoms with van der Waals surface area (Å²) >= 11 is 0. The second-order valence-corrected chi connectivity index (χ2v) is 3.72. The van der Waals surface area contributed by atoms with Crippen LogP contribution in [0, 0.1) is 0 Å². The lowest BCUT2D eigenvalue weighted by Crippen LogP contribution is -2.18. The molecular formula is C12H10F3N3. The number of hydrogen-bond donors (Lipinski definition) is 1. The van der Waals surface area contributed by atoms with Crippen molar-refractivity contribution >= 4 is 0 Å². The lowest BCUT2D eigenvalue weighted by Gasteiger charge is -2.17. The summed E-state index contributed by atoms with van der Waals surface area (Å²) in [5.74, 6) is 0. The van der Waals surface area contributed by atoms with E-state index in [-0.39, 0.29) is 5.56 Å². The fourth-order valence-electron chi connectivity index (χ4n) is 1.65. The maximum atomic E-state index is 12.8. The maximum absolute atomic E-state index is 12.8. The molecule has 0 saturated carbocycles. The van der Waals surface area contributed by atoms with Gasteiger partial charge in [-0.05, 0) is 17.7 Å². The first kappa shape index (κ1) is 12.5. The van der Waals surface area contributed by atoms with Gasteiger partial charge in [-0.1, -0.05) is 6.07 Å². The third-order valence-corrected chi connectivity index (χ3v) is 2.54. The van der Waals surface area contributed by atoms with E-state index in [1.165, 1.54) is 12.4 Å². The Balaban J connectivity index is 2.46. The number of halogens is 3. The van der Waals surface area contributed by atoms with Gasteiger partial charge in [0.05, 0.1) is 11.6 Å². The lowest BCUT2D eigenvalue weighted by molar-refractivity contribution is -0.138. The van der Waals surface area contributed by atoms with E-state index in [9.17, 15) is 13.2 Å². The van der Waals surface area contributed by atoms with E-state index in [0.29, 0.717) is 5.56 Å². The number of nitrogens with two attached hydrogens (primary N) is 1. The zero-order chi connectivity index (χ0) is 13.2. The molecule has 3 nitrogen and oxygen atoms in total. The van der Waals surface area contributed by atoms with E-state index in [1.54, 1.807) is 12.1 Å². The number of rotatable bonds is 2. The predicted molar refractivity (Wildman–Crippen MR) is 59.5 cm³/mol. The van der Waals surface area contributed by atoms with E-state index in [0.717, 1.165) is 18.5 Å². The summed E-state index contributed by atoms with van der Waals surface area (Å²) in [6.07, 6.45) is 0.767. The molecule has 0 spiro atoms. The monoisotopic (exact) mass is 253 g/mol. The molecule has 2 aromatic rings. The summed E-state index contributed by atoms with van der Waals surface area (Å²) in [5, 5.41) is 0. The summed E-state index contributed by atoms with van der Waals surface area (Å²) in [6.45, 7) is 0. The van der Waals surface area contributed by atoms with Crippen LogP contribution < -0.4 is 5.73 Å². The molecule has 0 bridgehead atoms. The predicted octanol–water partition coefficient (Wildman–Crippen LogP) is 2.54. The maximum Gasteiger partial charge on any atom is 0.416 e. The van der Waals surface area contributed by atoms with Crippen molar-refractivity contribution in [1.29, 1.82) is 0 Å². The average molecular weight is 253 g/mol. The Bertz CT molecular complexity index is 526. The van der Waals surface area contributed by atoms with Crippen LogP contribution in [0.3, 0.4) is 0 Å². The molecule has 18 heavy (non-hydrogen) atoms. The number of alkyl halides is 3. The molecular weight excluding hydrogens is 243 g/mol. The van der Waals surface area contributed by atoms with Crippen LogP contribution in [0.4, 0.5) is 13.2 Å². The first-order chi connectivity index (χ1) is 8.50. The van der Waals surface area contributed by atoms with Crippen molar-refractivity contribution in [3.63, 3.8) is 0 Å². The highest BCUT2D eigenvalue weighted by Gasteiger charge is 2.34. The zero-order valence-corrected chi connectivity index (χ0v) is 9.22. The highest BCUT2D eigenvalue weighted by Crippen LogP contribution is 2.34. The van der Waals surface area contributed by atoms with E-state index >= 15 is 0 Å². The van der Waals surface area contributed by atoms with E-state index in [4.69, 9.17) is 5.73 Å². The van der Waals surface area contributed by atoms with Crippen molar-refractivity contribution in [3.8, 4) is 0 Å². The summed E-state index contributed by atoms with van der Waals surface area (Å²) in [7, 11) is 0. The molecule has 0 fully saturated rings. The Morgan fingerprint density at radius 1 is 1.06 bits per heavy atom. The molecule has 1 unspecified atom stereocenters. The summed E-state index contributed by atoms with van der Waals surface area (Å²) in [4.78, 5) is 7.55. The van der Waals surface area contributed by atoms with Crippen LogP contribution >= 0.6 is 0 Å². The smallest absolute Gasteiger partial charge is 0.320 e. The van der Waals surface area contributed by atoms with Crippen LogP contribution in [-0.4, -0.2) is 9.97 Å². The number of nitrogens with zero attached hydrogens (tertiary/aromatic N) is 2. The molecule has 0 aliphatic rings. The van der Waals surface area contributed by atoms with Gasteiger partial charge in [-0.15, -0.1) is 0 Å². The minimum absolute atomic E-state index is 0.0574. The topological polar surface area (TPSA) is 51.8 Å². The Labute approximate surface area is 101 Å². The van der Waals surface area contributed by atoms with Crippen molar-refractivity contribution in [3.05, 3.63) is 59.7 Å².